The molecule has 0 saturated heterocycles. The van der Waals surface area contributed by atoms with E-state index in [1.807, 2.05) is 0 Å². The lowest BCUT2D eigenvalue weighted by Crippen LogP contribution is -1.99. The number of benzene rings is 2. The first-order valence-electron chi connectivity index (χ1n) is 12.3. The van der Waals surface area contributed by atoms with Crippen LogP contribution in [0.25, 0.3) is 21.8 Å². The Morgan fingerprint density at radius 1 is 0.667 bits per heavy atom. The van der Waals surface area contributed by atoms with Gasteiger partial charge >= 0.3 is 0 Å². The zero-order valence-electron chi connectivity index (χ0n) is 23.0. The van der Waals surface area contributed by atoms with Gasteiger partial charge < -0.3 is 20.5 Å². The highest BCUT2D eigenvalue weighted by Gasteiger charge is 2.13. The molecular formula is C28H19Cl5F2N8O2. The number of anilines is 3. The van der Waals surface area contributed by atoms with Gasteiger partial charge in [-0.15, -0.1) is 0 Å². The van der Waals surface area contributed by atoms with Crippen molar-refractivity contribution in [1.29, 1.82) is 0 Å². The molecule has 4 heterocycles. The van der Waals surface area contributed by atoms with E-state index in [0.29, 0.717) is 39.2 Å². The lowest BCUT2D eigenvalue weighted by molar-refractivity contribution is 0.398. The highest BCUT2D eigenvalue weighted by atomic mass is 35.5. The standard InChI is InChI=1S/C14H9Cl2FN4O.C8H6ClN3O.C6H4Cl2FN/c1-22-11-4-7-10(5-18-11)19-6-20-14(7)21-9-3-2-8(15)12(16)13(9)17;1-13-7-2-5-6(3-10-7)11-4-12-8(5)9;7-3-1-2-4(10)6(9)5(3)8/h2-6H,1H3,(H,19,20,21);2-4H,1H3;1-2H,10H2. The molecule has 0 spiro atoms. The zero-order chi connectivity index (χ0) is 32.7. The van der Waals surface area contributed by atoms with Crippen molar-refractivity contribution in [2.24, 2.45) is 0 Å². The fourth-order valence-electron chi connectivity index (χ4n) is 3.46. The van der Waals surface area contributed by atoms with Gasteiger partial charge in [0.15, 0.2) is 11.6 Å². The van der Waals surface area contributed by atoms with Gasteiger partial charge in [-0.1, -0.05) is 58.0 Å². The molecule has 6 aromatic rings. The Hall–Kier alpha value is -4.07. The summed E-state index contributed by atoms with van der Waals surface area (Å²) in [7, 11) is 3.05. The maximum atomic E-state index is 14.1. The third kappa shape index (κ3) is 8.16. The quantitative estimate of drug-likeness (QED) is 0.104. The largest absolute Gasteiger partial charge is 0.481 e. The van der Waals surface area contributed by atoms with Crippen molar-refractivity contribution in [2.75, 3.05) is 25.3 Å². The number of hydrogen-bond acceptors (Lipinski definition) is 10. The van der Waals surface area contributed by atoms with Crippen molar-refractivity contribution in [3.8, 4) is 11.8 Å². The van der Waals surface area contributed by atoms with Crippen molar-refractivity contribution in [3.63, 3.8) is 0 Å². The lowest BCUT2D eigenvalue weighted by Gasteiger charge is -2.11. The summed E-state index contributed by atoms with van der Waals surface area (Å²) in [6.07, 6.45) is 5.90. The molecule has 0 bridgehead atoms. The predicted molar refractivity (Wildman–Crippen MR) is 173 cm³/mol. The van der Waals surface area contributed by atoms with Gasteiger partial charge in [-0.2, -0.15) is 0 Å². The molecule has 0 unspecified atom stereocenters. The van der Waals surface area contributed by atoms with Crippen molar-refractivity contribution in [3.05, 3.63) is 98.3 Å². The number of nitrogen functional groups attached to an aromatic ring is 1. The summed E-state index contributed by atoms with van der Waals surface area (Å²) in [4.78, 5) is 24.1. The van der Waals surface area contributed by atoms with Crippen LogP contribution in [0.3, 0.4) is 0 Å². The van der Waals surface area contributed by atoms with Gasteiger partial charge in [0.05, 0.1) is 69.1 Å². The van der Waals surface area contributed by atoms with Crippen LogP contribution < -0.4 is 20.5 Å². The van der Waals surface area contributed by atoms with E-state index in [0.717, 1.165) is 5.39 Å². The summed E-state index contributed by atoms with van der Waals surface area (Å²) in [6.45, 7) is 0. The maximum Gasteiger partial charge on any atom is 0.213 e. The fraction of sp³-hybridized carbons (Fsp3) is 0.0714. The smallest absolute Gasteiger partial charge is 0.213 e. The Morgan fingerprint density at radius 2 is 1.20 bits per heavy atom. The van der Waals surface area contributed by atoms with E-state index in [1.54, 1.807) is 31.6 Å². The van der Waals surface area contributed by atoms with E-state index >= 15 is 0 Å². The summed E-state index contributed by atoms with van der Waals surface area (Å²) < 4.78 is 36.8. The molecule has 0 amide bonds. The minimum absolute atomic E-state index is 0.00870. The second-order valence-electron chi connectivity index (χ2n) is 8.49. The van der Waals surface area contributed by atoms with Crippen molar-refractivity contribution in [1.82, 2.24) is 29.9 Å². The summed E-state index contributed by atoms with van der Waals surface area (Å²) >= 11 is 28.3. The van der Waals surface area contributed by atoms with Crippen LogP contribution in [-0.2, 0) is 0 Å². The third-order valence-corrected chi connectivity index (χ3v) is 7.58. The van der Waals surface area contributed by atoms with Crippen molar-refractivity contribution in [2.45, 2.75) is 0 Å². The molecule has 0 aliphatic heterocycles. The molecule has 4 aromatic heterocycles. The van der Waals surface area contributed by atoms with Crippen LogP contribution >= 0.6 is 58.0 Å². The first-order chi connectivity index (χ1) is 21.5. The topological polar surface area (TPSA) is 134 Å². The van der Waals surface area contributed by atoms with Crippen molar-refractivity contribution < 1.29 is 18.3 Å². The van der Waals surface area contributed by atoms with E-state index in [2.05, 4.69) is 35.2 Å². The monoisotopic (exact) mass is 712 g/mol. The Balaban J connectivity index is 0.000000170. The van der Waals surface area contributed by atoms with Crippen LogP contribution in [0.5, 0.6) is 11.8 Å². The summed E-state index contributed by atoms with van der Waals surface area (Å²) in [5, 5.41) is 4.72. The fourth-order valence-corrected chi connectivity index (χ4v) is 4.29. The van der Waals surface area contributed by atoms with Crippen LogP contribution in [-0.4, -0.2) is 44.1 Å². The number of ether oxygens (including phenoxy) is 2. The predicted octanol–water partition coefficient (Wildman–Crippen LogP) is 8.62. The molecule has 0 radical (unpaired) electrons. The average molecular weight is 715 g/mol. The molecule has 0 fully saturated rings. The lowest BCUT2D eigenvalue weighted by atomic mass is 10.2. The summed E-state index contributed by atoms with van der Waals surface area (Å²) in [5.74, 6) is 0.00302. The zero-order valence-corrected chi connectivity index (χ0v) is 26.8. The molecule has 0 atom stereocenters. The Kier molecular flexibility index (Phi) is 11.5. The number of pyridine rings is 2. The van der Waals surface area contributed by atoms with Crippen LogP contribution in [0.1, 0.15) is 0 Å². The number of aromatic nitrogens is 6. The van der Waals surface area contributed by atoms with Crippen molar-refractivity contribution >= 4 is 97.0 Å². The van der Waals surface area contributed by atoms with Gasteiger partial charge in [-0.25, -0.2) is 38.7 Å². The van der Waals surface area contributed by atoms with E-state index in [9.17, 15) is 8.78 Å². The average Bonchev–Trinajstić information content (AvgIpc) is 3.06. The summed E-state index contributed by atoms with van der Waals surface area (Å²) in [6, 6.07) is 9.16. The van der Waals surface area contributed by atoms with E-state index in [1.165, 1.54) is 44.0 Å². The molecule has 3 N–H and O–H groups in total. The second-order valence-corrected chi connectivity index (χ2v) is 10.4. The normalized spacial score (nSPS) is 10.4. The highest BCUT2D eigenvalue weighted by Crippen LogP contribution is 2.33. The number of fused-ring (bicyclic) bond motifs is 2. The molecule has 2 aromatic carbocycles. The minimum Gasteiger partial charge on any atom is -0.481 e. The summed E-state index contributed by atoms with van der Waals surface area (Å²) in [5.41, 5.74) is 6.64. The number of hydrogen-bond donors (Lipinski definition) is 2. The molecule has 0 aliphatic carbocycles. The maximum absolute atomic E-state index is 14.1. The molecule has 17 heteroatoms. The number of halogens is 7. The van der Waals surface area contributed by atoms with Gasteiger partial charge in [-0.3, -0.25) is 0 Å². The van der Waals surface area contributed by atoms with Gasteiger partial charge in [0.1, 0.15) is 23.6 Å². The van der Waals surface area contributed by atoms with Crippen LogP contribution in [0.4, 0.5) is 26.0 Å². The van der Waals surface area contributed by atoms with Gasteiger partial charge in [-0.05, 0) is 24.3 Å². The SMILES string of the molecule is COc1cc2c(Cl)ncnc2cn1.COc1cc2c(Nc3ccc(Cl)c(Cl)c3F)ncnc2cn1.Nc1ccc(Cl)c(Cl)c1F. The third-order valence-electron chi connectivity index (χ3n) is 5.72. The van der Waals surface area contributed by atoms with Gasteiger partial charge in [0, 0.05) is 22.9 Å². The molecular weight excluding hydrogens is 696 g/mol. The van der Waals surface area contributed by atoms with Crippen LogP contribution in [0.2, 0.25) is 25.2 Å². The molecule has 0 saturated carbocycles. The number of nitrogens with zero attached hydrogens (tertiary/aromatic N) is 6. The minimum atomic E-state index is -0.658. The Labute approximate surface area is 279 Å². The van der Waals surface area contributed by atoms with E-state index in [4.69, 9.17) is 73.2 Å². The Bertz CT molecular complexity index is 1960. The second kappa shape index (κ2) is 15.3. The number of nitrogens with two attached hydrogens (primary N) is 1. The molecule has 10 nitrogen and oxygen atoms in total. The van der Waals surface area contributed by atoms with Crippen LogP contribution in [0, 0.1) is 11.6 Å². The molecule has 232 valence electrons. The molecule has 45 heavy (non-hydrogen) atoms. The van der Waals surface area contributed by atoms with Crippen LogP contribution in [0.15, 0.2) is 61.4 Å². The number of methoxy groups -OCH3 is 2. The van der Waals surface area contributed by atoms with E-state index in [-0.39, 0.29) is 31.5 Å². The molecule has 6 rings (SSSR count). The molecule has 0 aliphatic rings. The first-order valence-corrected chi connectivity index (χ1v) is 14.2. The number of rotatable bonds is 4. The Morgan fingerprint density at radius 3 is 1.80 bits per heavy atom. The van der Waals surface area contributed by atoms with Gasteiger partial charge in [0.25, 0.3) is 0 Å². The number of nitrogens with one attached hydrogen (secondary N) is 1. The first kappa shape index (κ1) is 33.8. The van der Waals surface area contributed by atoms with Gasteiger partial charge in [0.2, 0.25) is 11.8 Å². The highest BCUT2D eigenvalue weighted by molar-refractivity contribution is 6.42. The van der Waals surface area contributed by atoms with E-state index < -0.39 is 11.6 Å².